The lowest BCUT2D eigenvalue weighted by atomic mass is 9.96. The van der Waals surface area contributed by atoms with Crippen LogP contribution in [0, 0.1) is 5.82 Å². The molecular formula is C19H21FN4O. The molecule has 0 spiro atoms. The Kier molecular flexibility index (Phi) is 4.36. The predicted molar refractivity (Wildman–Crippen MR) is 94.1 cm³/mol. The van der Waals surface area contributed by atoms with E-state index < -0.39 is 0 Å². The topological polar surface area (TPSA) is 54.0 Å². The van der Waals surface area contributed by atoms with Gasteiger partial charge in [-0.25, -0.2) is 14.4 Å². The quantitative estimate of drug-likeness (QED) is 0.790. The van der Waals surface area contributed by atoms with Crippen LogP contribution in [0.5, 0.6) is 5.88 Å². The van der Waals surface area contributed by atoms with Gasteiger partial charge >= 0.3 is 0 Å². The van der Waals surface area contributed by atoms with E-state index >= 15 is 0 Å². The standard InChI is InChI=1S/C19H21FN4O/c1-25-19-17(20)14(6-9-21-19)12-24-10-7-13(8-11-24)18-22-15-4-2-3-5-16(15)23-18/h2-6,9,13H,7-8,10-12H2,1H3,(H,22,23). The molecule has 2 aromatic heterocycles. The number of nitrogens with zero attached hydrogens (tertiary/aromatic N) is 3. The monoisotopic (exact) mass is 340 g/mol. The van der Waals surface area contributed by atoms with E-state index in [0.29, 0.717) is 18.0 Å². The van der Waals surface area contributed by atoms with Gasteiger partial charge in [-0.3, -0.25) is 4.90 Å². The number of nitrogens with one attached hydrogen (secondary N) is 1. The Hall–Kier alpha value is -2.47. The first kappa shape index (κ1) is 16.0. The first-order valence-corrected chi connectivity index (χ1v) is 8.59. The molecule has 3 heterocycles. The SMILES string of the molecule is COc1nccc(CN2CCC(c3nc4ccccc4[nH]3)CC2)c1F. The number of likely N-dealkylation sites (tertiary alicyclic amines) is 1. The second kappa shape index (κ2) is 6.80. The molecule has 1 aliphatic heterocycles. The van der Waals surface area contributed by atoms with Crippen molar-refractivity contribution < 1.29 is 9.13 Å². The number of fused-ring (bicyclic) bond motifs is 1. The first-order valence-electron chi connectivity index (χ1n) is 8.59. The summed E-state index contributed by atoms with van der Waals surface area (Å²) in [6.07, 6.45) is 3.63. The summed E-state index contributed by atoms with van der Waals surface area (Å²) in [5.41, 5.74) is 2.74. The fourth-order valence-corrected chi connectivity index (χ4v) is 3.50. The lowest BCUT2D eigenvalue weighted by molar-refractivity contribution is 0.199. The maximum Gasteiger partial charge on any atom is 0.250 e. The van der Waals surface area contributed by atoms with Gasteiger partial charge in [-0.2, -0.15) is 0 Å². The molecule has 1 saturated heterocycles. The van der Waals surface area contributed by atoms with E-state index in [-0.39, 0.29) is 11.7 Å². The summed E-state index contributed by atoms with van der Waals surface area (Å²) in [5, 5.41) is 0. The van der Waals surface area contributed by atoms with Crippen LogP contribution < -0.4 is 4.74 Å². The van der Waals surface area contributed by atoms with Crippen LogP contribution in [0.25, 0.3) is 11.0 Å². The van der Waals surface area contributed by atoms with Crippen molar-refractivity contribution in [1.82, 2.24) is 19.9 Å². The summed E-state index contributed by atoms with van der Waals surface area (Å²) >= 11 is 0. The highest BCUT2D eigenvalue weighted by Gasteiger charge is 2.24. The zero-order valence-corrected chi connectivity index (χ0v) is 14.2. The second-order valence-corrected chi connectivity index (χ2v) is 6.48. The Bertz CT molecular complexity index is 838. The van der Waals surface area contributed by atoms with E-state index in [1.807, 2.05) is 18.2 Å². The number of hydrogen-bond acceptors (Lipinski definition) is 4. The van der Waals surface area contributed by atoms with E-state index in [1.54, 1.807) is 12.3 Å². The van der Waals surface area contributed by atoms with E-state index in [2.05, 4.69) is 20.9 Å². The van der Waals surface area contributed by atoms with Crippen molar-refractivity contribution in [3.05, 3.63) is 53.7 Å². The van der Waals surface area contributed by atoms with Gasteiger partial charge in [0.25, 0.3) is 0 Å². The minimum Gasteiger partial charge on any atom is -0.479 e. The van der Waals surface area contributed by atoms with Gasteiger partial charge in [0.15, 0.2) is 5.82 Å². The average Bonchev–Trinajstić information content (AvgIpc) is 3.08. The average molecular weight is 340 g/mol. The number of benzene rings is 1. The highest BCUT2D eigenvalue weighted by atomic mass is 19.1. The number of ether oxygens (including phenoxy) is 1. The summed E-state index contributed by atoms with van der Waals surface area (Å²) in [6, 6.07) is 9.84. The van der Waals surface area contributed by atoms with Gasteiger partial charge in [0, 0.05) is 24.2 Å². The minimum atomic E-state index is -0.357. The molecule has 1 fully saturated rings. The Morgan fingerprint density at radius 2 is 2.04 bits per heavy atom. The number of rotatable bonds is 4. The van der Waals surface area contributed by atoms with Crippen LogP contribution in [0.15, 0.2) is 36.5 Å². The fourth-order valence-electron chi connectivity index (χ4n) is 3.50. The molecule has 0 bridgehead atoms. The lowest BCUT2D eigenvalue weighted by Crippen LogP contribution is -2.33. The predicted octanol–water partition coefficient (Wildman–Crippen LogP) is 3.49. The van der Waals surface area contributed by atoms with Gasteiger partial charge < -0.3 is 9.72 Å². The Balaban J connectivity index is 1.41. The Labute approximate surface area is 145 Å². The summed E-state index contributed by atoms with van der Waals surface area (Å²) in [7, 11) is 1.44. The zero-order valence-electron chi connectivity index (χ0n) is 14.2. The molecule has 0 atom stereocenters. The van der Waals surface area contributed by atoms with Gasteiger partial charge in [-0.1, -0.05) is 12.1 Å². The molecule has 0 unspecified atom stereocenters. The number of methoxy groups -OCH3 is 1. The molecule has 130 valence electrons. The molecule has 4 rings (SSSR count). The number of pyridine rings is 1. The van der Waals surface area contributed by atoms with Crippen molar-refractivity contribution in [2.24, 2.45) is 0 Å². The third-order valence-electron chi connectivity index (χ3n) is 4.91. The maximum atomic E-state index is 14.3. The van der Waals surface area contributed by atoms with Crippen molar-refractivity contribution in [2.75, 3.05) is 20.2 Å². The normalized spacial score (nSPS) is 16.4. The van der Waals surface area contributed by atoms with E-state index in [4.69, 9.17) is 9.72 Å². The largest absolute Gasteiger partial charge is 0.479 e. The van der Waals surface area contributed by atoms with Crippen LogP contribution in [0.2, 0.25) is 0 Å². The molecule has 0 saturated carbocycles. The van der Waals surface area contributed by atoms with E-state index in [0.717, 1.165) is 42.8 Å². The molecule has 1 N–H and O–H groups in total. The molecule has 0 aliphatic carbocycles. The van der Waals surface area contributed by atoms with Gasteiger partial charge in [-0.05, 0) is 44.1 Å². The molecule has 0 radical (unpaired) electrons. The van der Waals surface area contributed by atoms with Gasteiger partial charge in [0.2, 0.25) is 5.88 Å². The molecule has 1 aromatic carbocycles. The first-order chi connectivity index (χ1) is 12.2. The van der Waals surface area contributed by atoms with Crippen LogP contribution >= 0.6 is 0 Å². The number of piperidine rings is 1. The van der Waals surface area contributed by atoms with Crippen LogP contribution in [-0.4, -0.2) is 40.1 Å². The minimum absolute atomic E-state index is 0.0645. The van der Waals surface area contributed by atoms with Gasteiger partial charge in [0.05, 0.1) is 18.1 Å². The second-order valence-electron chi connectivity index (χ2n) is 6.48. The maximum absolute atomic E-state index is 14.3. The van der Waals surface area contributed by atoms with Crippen molar-refractivity contribution in [3.63, 3.8) is 0 Å². The third-order valence-corrected chi connectivity index (χ3v) is 4.91. The van der Waals surface area contributed by atoms with Crippen LogP contribution in [0.3, 0.4) is 0 Å². The van der Waals surface area contributed by atoms with E-state index in [1.165, 1.54) is 7.11 Å². The molecule has 3 aromatic rings. The number of aromatic nitrogens is 3. The number of hydrogen-bond donors (Lipinski definition) is 1. The summed E-state index contributed by atoms with van der Waals surface area (Å²) in [4.78, 5) is 14.3. The highest BCUT2D eigenvalue weighted by Crippen LogP contribution is 2.29. The third kappa shape index (κ3) is 3.22. The zero-order chi connectivity index (χ0) is 17.2. The fraction of sp³-hybridized carbons (Fsp3) is 0.368. The summed E-state index contributed by atoms with van der Waals surface area (Å²) in [5.74, 6) is 1.21. The molecular weight excluding hydrogens is 319 g/mol. The van der Waals surface area contributed by atoms with Crippen molar-refractivity contribution in [2.45, 2.75) is 25.3 Å². The number of H-pyrrole nitrogens is 1. The molecule has 25 heavy (non-hydrogen) atoms. The van der Waals surface area contributed by atoms with Crippen molar-refractivity contribution >= 4 is 11.0 Å². The smallest absolute Gasteiger partial charge is 0.250 e. The molecule has 1 aliphatic rings. The van der Waals surface area contributed by atoms with Crippen LogP contribution in [0.1, 0.15) is 30.1 Å². The van der Waals surface area contributed by atoms with Crippen LogP contribution in [-0.2, 0) is 6.54 Å². The number of imidazole rings is 1. The van der Waals surface area contributed by atoms with Gasteiger partial charge in [0.1, 0.15) is 5.82 Å². The summed E-state index contributed by atoms with van der Waals surface area (Å²) in [6.45, 7) is 2.43. The molecule has 5 nitrogen and oxygen atoms in total. The molecule has 0 amide bonds. The Morgan fingerprint density at radius 3 is 2.80 bits per heavy atom. The van der Waals surface area contributed by atoms with Gasteiger partial charge in [-0.15, -0.1) is 0 Å². The number of para-hydroxylation sites is 2. The summed E-state index contributed by atoms with van der Waals surface area (Å²) < 4.78 is 19.2. The lowest BCUT2D eigenvalue weighted by Gasteiger charge is -2.31. The van der Waals surface area contributed by atoms with E-state index in [9.17, 15) is 4.39 Å². The van der Waals surface area contributed by atoms with Crippen molar-refractivity contribution in [1.29, 1.82) is 0 Å². The van der Waals surface area contributed by atoms with Crippen LogP contribution in [0.4, 0.5) is 4.39 Å². The highest BCUT2D eigenvalue weighted by molar-refractivity contribution is 5.74. The Morgan fingerprint density at radius 1 is 1.24 bits per heavy atom. The van der Waals surface area contributed by atoms with Crippen molar-refractivity contribution in [3.8, 4) is 5.88 Å². The molecule has 6 heteroatoms. The number of aromatic amines is 1. The number of halogens is 1.